The monoisotopic (exact) mass is 266 g/mol. The summed E-state index contributed by atoms with van der Waals surface area (Å²) in [7, 11) is 0. The Kier molecular flexibility index (Phi) is 4.53. The van der Waals surface area contributed by atoms with Gasteiger partial charge >= 0.3 is 0 Å². The van der Waals surface area contributed by atoms with Gasteiger partial charge in [-0.15, -0.1) is 11.6 Å². The summed E-state index contributed by atoms with van der Waals surface area (Å²) < 4.78 is 17.8. The summed E-state index contributed by atoms with van der Waals surface area (Å²) in [5.41, 5.74) is 0. The van der Waals surface area contributed by atoms with Crippen molar-refractivity contribution < 1.29 is 9.13 Å². The van der Waals surface area contributed by atoms with Crippen LogP contribution in [0.1, 0.15) is 6.42 Å². The molecule has 0 aliphatic carbocycles. The van der Waals surface area contributed by atoms with Gasteiger partial charge in [-0.3, -0.25) is 0 Å². The van der Waals surface area contributed by atoms with Crippen molar-refractivity contribution in [3.63, 3.8) is 0 Å². The van der Waals surface area contributed by atoms with Crippen LogP contribution >= 0.6 is 27.5 Å². The Hall–Kier alpha value is -0.280. The smallest absolute Gasteiger partial charge is 0.126 e. The fourth-order valence-corrected chi connectivity index (χ4v) is 1.10. The molecule has 1 aromatic rings. The molecular formula is C9H9BrClFO. The maximum Gasteiger partial charge on any atom is 0.126 e. The van der Waals surface area contributed by atoms with Crippen molar-refractivity contribution in [2.75, 3.05) is 6.61 Å². The van der Waals surface area contributed by atoms with Crippen LogP contribution in [0.25, 0.3) is 0 Å². The lowest BCUT2D eigenvalue weighted by molar-refractivity contribution is 0.315. The van der Waals surface area contributed by atoms with Crippen molar-refractivity contribution in [3.05, 3.63) is 30.1 Å². The van der Waals surface area contributed by atoms with Crippen LogP contribution in [0.2, 0.25) is 0 Å². The van der Waals surface area contributed by atoms with Crippen molar-refractivity contribution >= 4 is 27.5 Å². The van der Waals surface area contributed by atoms with Crippen LogP contribution in [0, 0.1) is 5.82 Å². The normalized spacial score (nSPS) is 12.5. The van der Waals surface area contributed by atoms with Gasteiger partial charge in [0.15, 0.2) is 0 Å². The first kappa shape index (κ1) is 10.8. The highest BCUT2D eigenvalue weighted by Crippen LogP contribution is 2.14. The van der Waals surface area contributed by atoms with Crippen molar-refractivity contribution in [1.82, 2.24) is 0 Å². The number of rotatable bonds is 4. The van der Waals surface area contributed by atoms with E-state index in [-0.39, 0.29) is 10.1 Å². The molecule has 13 heavy (non-hydrogen) atoms. The summed E-state index contributed by atoms with van der Waals surface area (Å²) in [5.74, 6) is 0.239. The Balaban J connectivity index is 2.37. The standard InChI is InChI=1S/C9H9BrClFO/c10-9(11)4-5-13-8-3-1-2-7(12)6-8/h1-3,6,9H,4-5H2. The quantitative estimate of drug-likeness (QED) is 0.758. The van der Waals surface area contributed by atoms with Crippen LogP contribution in [-0.4, -0.2) is 10.9 Å². The van der Waals surface area contributed by atoms with Gasteiger partial charge in [-0.1, -0.05) is 22.0 Å². The van der Waals surface area contributed by atoms with E-state index < -0.39 is 0 Å². The Labute approximate surface area is 90.0 Å². The molecule has 0 radical (unpaired) electrons. The molecule has 0 aromatic heterocycles. The summed E-state index contributed by atoms with van der Waals surface area (Å²) in [5, 5.41) is 0. The van der Waals surface area contributed by atoms with E-state index in [4.69, 9.17) is 16.3 Å². The number of alkyl halides is 2. The topological polar surface area (TPSA) is 9.23 Å². The molecule has 0 saturated heterocycles. The van der Waals surface area contributed by atoms with Crippen molar-refractivity contribution in [2.45, 2.75) is 10.7 Å². The first-order chi connectivity index (χ1) is 6.18. The maximum absolute atomic E-state index is 12.6. The Morgan fingerprint density at radius 2 is 2.31 bits per heavy atom. The Morgan fingerprint density at radius 3 is 2.92 bits per heavy atom. The van der Waals surface area contributed by atoms with E-state index in [0.717, 1.165) is 0 Å². The second-order valence-electron chi connectivity index (χ2n) is 2.49. The first-order valence-corrected chi connectivity index (χ1v) is 5.20. The highest BCUT2D eigenvalue weighted by Gasteiger charge is 1.99. The zero-order chi connectivity index (χ0) is 9.68. The van der Waals surface area contributed by atoms with E-state index in [0.29, 0.717) is 18.8 Å². The minimum absolute atomic E-state index is 0.0962. The van der Waals surface area contributed by atoms with Gasteiger partial charge in [-0.2, -0.15) is 0 Å². The van der Waals surface area contributed by atoms with Gasteiger partial charge in [0.25, 0.3) is 0 Å². The molecule has 0 aliphatic heterocycles. The van der Waals surface area contributed by atoms with Crippen LogP contribution in [-0.2, 0) is 0 Å². The van der Waals surface area contributed by atoms with Crippen LogP contribution in [0.3, 0.4) is 0 Å². The summed E-state index contributed by atoms with van der Waals surface area (Å²) in [4.78, 5) is 0. The largest absolute Gasteiger partial charge is 0.493 e. The Morgan fingerprint density at radius 1 is 1.54 bits per heavy atom. The van der Waals surface area contributed by atoms with Crippen LogP contribution < -0.4 is 4.74 Å². The van der Waals surface area contributed by atoms with Crippen LogP contribution in [0.5, 0.6) is 5.75 Å². The highest BCUT2D eigenvalue weighted by molar-refractivity contribution is 9.10. The van der Waals surface area contributed by atoms with E-state index in [9.17, 15) is 4.39 Å². The van der Waals surface area contributed by atoms with E-state index >= 15 is 0 Å². The highest BCUT2D eigenvalue weighted by atomic mass is 79.9. The molecule has 72 valence electrons. The van der Waals surface area contributed by atoms with Crippen molar-refractivity contribution in [1.29, 1.82) is 0 Å². The van der Waals surface area contributed by atoms with Crippen LogP contribution in [0.4, 0.5) is 4.39 Å². The lowest BCUT2D eigenvalue weighted by Gasteiger charge is -2.05. The molecule has 0 bridgehead atoms. The summed E-state index contributed by atoms with van der Waals surface area (Å²) in [6, 6.07) is 6.04. The van der Waals surface area contributed by atoms with E-state index in [1.807, 2.05) is 0 Å². The summed E-state index contributed by atoms with van der Waals surface area (Å²) >= 11 is 8.81. The van der Waals surface area contributed by atoms with E-state index in [1.54, 1.807) is 12.1 Å². The fraction of sp³-hybridized carbons (Fsp3) is 0.333. The van der Waals surface area contributed by atoms with Gasteiger partial charge in [0.2, 0.25) is 0 Å². The third-order valence-corrected chi connectivity index (χ3v) is 2.08. The van der Waals surface area contributed by atoms with E-state index in [1.165, 1.54) is 12.1 Å². The van der Waals surface area contributed by atoms with Gasteiger partial charge in [-0.05, 0) is 12.1 Å². The molecule has 0 spiro atoms. The van der Waals surface area contributed by atoms with Gasteiger partial charge < -0.3 is 4.74 Å². The second kappa shape index (κ2) is 5.45. The minimum Gasteiger partial charge on any atom is -0.493 e. The predicted octanol–water partition coefficient (Wildman–Crippen LogP) is 3.55. The first-order valence-electron chi connectivity index (χ1n) is 3.85. The average molecular weight is 268 g/mol. The van der Waals surface area contributed by atoms with Gasteiger partial charge in [0.05, 0.1) is 10.9 Å². The third kappa shape index (κ3) is 4.48. The Bertz CT molecular complexity index is 268. The average Bonchev–Trinajstić information content (AvgIpc) is 2.03. The third-order valence-electron chi connectivity index (χ3n) is 1.40. The van der Waals surface area contributed by atoms with Gasteiger partial charge in [-0.25, -0.2) is 4.39 Å². The van der Waals surface area contributed by atoms with Gasteiger partial charge in [0, 0.05) is 12.5 Å². The molecule has 1 nitrogen and oxygen atoms in total. The number of ether oxygens (including phenoxy) is 1. The number of halogens is 3. The molecular weight excluding hydrogens is 258 g/mol. The summed E-state index contributed by atoms with van der Waals surface area (Å²) in [6.07, 6.45) is 0.679. The molecule has 1 atom stereocenters. The molecule has 0 amide bonds. The zero-order valence-corrected chi connectivity index (χ0v) is 9.19. The molecule has 0 heterocycles. The minimum atomic E-state index is -0.293. The number of hydrogen-bond donors (Lipinski definition) is 0. The SMILES string of the molecule is Fc1cccc(OCCC(Cl)Br)c1. The predicted molar refractivity (Wildman–Crippen MR) is 55.1 cm³/mol. The lowest BCUT2D eigenvalue weighted by atomic mass is 10.3. The van der Waals surface area contributed by atoms with Crippen LogP contribution in [0.15, 0.2) is 24.3 Å². The van der Waals surface area contributed by atoms with Gasteiger partial charge in [0.1, 0.15) is 11.6 Å². The molecule has 1 aromatic carbocycles. The van der Waals surface area contributed by atoms with Crippen molar-refractivity contribution in [3.8, 4) is 5.75 Å². The fourth-order valence-electron chi connectivity index (χ4n) is 0.823. The molecule has 0 saturated carbocycles. The molecule has 0 fully saturated rings. The van der Waals surface area contributed by atoms with E-state index in [2.05, 4.69) is 15.9 Å². The second-order valence-corrected chi connectivity index (χ2v) is 4.64. The maximum atomic E-state index is 12.6. The molecule has 0 N–H and O–H groups in total. The molecule has 1 rings (SSSR count). The summed E-state index contributed by atoms with van der Waals surface area (Å²) in [6.45, 7) is 0.475. The molecule has 1 unspecified atom stereocenters. The lowest BCUT2D eigenvalue weighted by Crippen LogP contribution is -2.01. The molecule has 4 heteroatoms. The zero-order valence-electron chi connectivity index (χ0n) is 6.84. The molecule has 0 aliphatic rings. The van der Waals surface area contributed by atoms with Crippen molar-refractivity contribution in [2.24, 2.45) is 0 Å². The number of benzene rings is 1. The number of hydrogen-bond acceptors (Lipinski definition) is 1.